The van der Waals surface area contributed by atoms with Gasteiger partial charge in [-0.15, -0.1) is 4.40 Å². The molecule has 0 spiro atoms. The number of aromatic nitrogens is 1. The lowest BCUT2D eigenvalue weighted by atomic mass is 10.1. The molecule has 8 nitrogen and oxygen atoms in total. The van der Waals surface area contributed by atoms with Crippen LogP contribution in [0.25, 0.3) is 5.71 Å². The first-order chi connectivity index (χ1) is 11.4. The maximum absolute atomic E-state index is 12.7. The number of methoxy groups -OCH3 is 1. The lowest BCUT2D eigenvalue weighted by Crippen LogP contribution is -2.27. The highest BCUT2D eigenvalue weighted by molar-refractivity contribution is 6.08. The number of ketones is 1. The van der Waals surface area contributed by atoms with Gasteiger partial charge < -0.3 is 14.3 Å². The summed E-state index contributed by atoms with van der Waals surface area (Å²) in [6, 6.07) is 7.23. The number of carbonyl (C=O) groups is 1. The molecule has 0 aliphatic heterocycles. The third-order valence-electron chi connectivity index (χ3n) is 3.57. The molecule has 0 aliphatic carbocycles. The van der Waals surface area contributed by atoms with Crippen molar-refractivity contribution >= 4 is 17.2 Å². The number of nitro benzene ring substituents is 1. The standard InChI is InChI=1S/C16H12N2O6/c1-9-5-6-17-13(7-9)24-16(20)14(17)15(19)10-3-4-12(23-2)11(8-10)18(21)22/h3-8H,1-2H3/p+1. The first kappa shape index (κ1) is 15.5. The molecule has 0 atom stereocenters. The van der Waals surface area contributed by atoms with Crippen LogP contribution in [0.3, 0.4) is 0 Å². The molecule has 0 radical (unpaired) electrons. The van der Waals surface area contributed by atoms with Crippen molar-refractivity contribution in [1.29, 1.82) is 0 Å². The van der Waals surface area contributed by atoms with Gasteiger partial charge in [0.15, 0.2) is 11.9 Å². The SMILES string of the molecule is COc1ccc(C(=O)c2c(O)oc3cc(C)cc[n+]23)cc1[N+](=O)[O-]. The highest BCUT2D eigenvalue weighted by Crippen LogP contribution is 2.29. The predicted octanol–water partition coefficient (Wildman–Crippen LogP) is 2.18. The van der Waals surface area contributed by atoms with Crippen LogP contribution >= 0.6 is 0 Å². The van der Waals surface area contributed by atoms with Crippen LogP contribution in [-0.4, -0.2) is 22.9 Å². The molecule has 3 aromatic rings. The van der Waals surface area contributed by atoms with Crippen LogP contribution in [0.5, 0.6) is 11.7 Å². The van der Waals surface area contributed by atoms with Gasteiger partial charge in [-0.05, 0) is 24.6 Å². The van der Waals surface area contributed by atoms with E-state index in [1.165, 1.54) is 23.6 Å². The summed E-state index contributed by atoms with van der Waals surface area (Å²) in [4.78, 5) is 23.2. The number of aromatic hydroxyl groups is 1. The molecule has 122 valence electrons. The lowest BCUT2D eigenvalue weighted by molar-refractivity contribution is -0.516. The van der Waals surface area contributed by atoms with E-state index in [2.05, 4.69) is 0 Å². The number of fused-ring (bicyclic) bond motifs is 1. The van der Waals surface area contributed by atoms with Crippen molar-refractivity contribution in [2.45, 2.75) is 6.92 Å². The Hall–Kier alpha value is -3.42. The summed E-state index contributed by atoms with van der Waals surface area (Å²) in [5.41, 5.74) is 0.774. The van der Waals surface area contributed by atoms with Gasteiger partial charge in [0.05, 0.1) is 18.1 Å². The van der Waals surface area contributed by atoms with Crippen molar-refractivity contribution < 1.29 is 28.4 Å². The van der Waals surface area contributed by atoms with Gasteiger partial charge >= 0.3 is 23.0 Å². The van der Waals surface area contributed by atoms with Crippen LogP contribution < -0.4 is 9.14 Å². The minimum Gasteiger partial charge on any atom is -0.490 e. The van der Waals surface area contributed by atoms with Gasteiger partial charge in [0.2, 0.25) is 0 Å². The molecule has 0 saturated carbocycles. The second-order valence-electron chi connectivity index (χ2n) is 5.14. The maximum atomic E-state index is 12.7. The Morgan fingerprint density at radius 2 is 2.08 bits per heavy atom. The number of ether oxygens (including phenoxy) is 1. The molecule has 2 heterocycles. The summed E-state index contributed by atoms with van der Waals surface area (Å²) < 4.78 is 11.5. The fourth-order valence-electron chi connectivity index (χ4n) is 2.41. The minimum atomic E-state index is -0.639. The van der Waals surface area contributed by atoms with Gasteiger partial charge in [-0.2, -0.15) is 0 Å². The number of rotatable bonds is 4. The number of benzene rings is 1. The number of nitrogens with zero attached hydrogens (tertiary/aromatic N) is 2. The first-order valence-electron chi connectivity index (χ1n) is 6.93. The van der Waals surface area contributed by atoms with Gasteiger partial charge in [0, 0.05) is 17.7 Å². The molecule has 0 amide bonds. The van der Waals surface area contributed by atoms with Crippen LogP contribution in [0.2, 0.25) is 0 Å². The number of carbonyl (C=O) groups excluding carboxylic acids is 1. The number of nitro groups is 1. The van der Waals surface area contributed by atoms with E-state index in [9.17, 15) is 20.0 Å². The fourth-order valence-corrected chi connectivity index (χ4v) is 2.41. The Kier molecular flexibility index (Phi) is 3.64. The van der Waals surface area contributed by atoms with Crippen molar-refractivity contribution in [2.75, 3.05) is 7.11 Å². The van der Waals surface area contributed by atoms with Gasteiger partial charge in [-0.3, -0.25) is 14.9 Å². The van der Waals surface area contributed by atoms with Crippen LogP contribution in [0.15, 0.2) is 40.9 Å². The molecule has 0 saturated heterocycles. The van der Waals surface area contributed by atoms with Crippen molar-refractivity contribution in [3.63, 3.8) is 0 Å². The van der Waals surface area contributed by atoms with Gasteiger partial charge in [0.1, 0.15) is 0 Å². The maximum Gasteiger partial charge on any atom is 0.382 e. The first-order valence-corrected chi connectivity index (χ1v) is 6.93. The van der Waals surface area contributed by atoms with Crippen LogP contribution in [0.4, 0.5) is 5.69 Å². The Balaban J connectivity index is 2.15. The summed E-state index contributed by atoms with van der Waals surface area (Å²) in [6.07, 6.45) is 1.58. The Morgan fingerprint density at radius 1 is 1.33 bits per heavy atom. The Labute approximate surface area is 135 Å². The highest BCUT2D eigenvalue weighted by Gasteiger charge is 2.32. The van der Waals surface area contributed by atoms with Crippen molar-refractivity contribution in [1.82, 2.24) is 0 Å². The van der Waals surface area contributed by atoms with Crippen LogP contribution in [0.1, 0.15) is 21.6 Å². The Morgan fingerprint density at radius 3 is 2.75 bits per heavy atom. The summed E-state index contributed by atoms with van der Waals surface area (Å²) >= 11 is 0. The molecular formula is C16H13N2O6+. The number of pyridine rings is 1. The van der Waals surface area contributed by atoms with Crippen LogP contribution in [0, 0.1) is 17.0 Å². The molecule has 1 aromatic carbocycles. The number of hydrogen-bond acceptors (Lipinski definition) is 6. The van der Waals surface area contributed by atoms with E-state index in [-0.39, 0.29) is 22.7 Å². The molecule has 0 aliphatic rings. The topological polar surface area (TPSA) is 107 Å². The average molecular weight is 329 g/mol. The largest absolute Gasteiger partial charge is 0.490 e. The van der Waals surface area contributed by atoms with Crippen molar-refractivity contribution in [2.24, 2.45) is 0 Å². The number of aryl methyl sites for hydroxylation is 1. The smallest absolute Gasteiger partial charge is 0.382 e. The van der Waals surface area contributed by atoms with E-state index in [0.717, 1.165) is 11.6 Å². The molecule has 24 heavy (non-hydrogen) atoms. The van der Waals surface area contributed by atoms with E-state index in [1.54, 1.807) is 18.3 Å². The third kappa shape index (κ3) is 2.43. The third-order valence-corrected chi connectivity index (χ3v) is 3.57. The van der Waals surface area contributed by atoms with Gasteiger partial charge in [0.25, 0.3) is 5.78 Å². The van der Waals surface area contributed by atoms with E-state index in [1.807, 2.05) is 6.92 Å². The molecular weight excluding hydrogens is 316 g/mol. The Bertz CT molecular complexity index is 976. The molecule has 8 heteroatoms. The van der Waals surface area contributed by atoms with Gasteiger partial charge in [-0.1, -0.05) is 0 Å². The van der Waals surface area contributed by atoms with E-state index in [0.29, 0.717) is 5.71 Å². The average Bonchev–Trinajstić information content (AvgIpc) is 2.88. The molecule has 0 fully saturated rings. The second-order valence-corrected chi connectivity index (χ2v) is 5.14. The summed E-state index contributed by atoms with van der Waals surface area (Å²) in [7, 11) is 1.30. The van der Waals surface area contributed by atoms with Crippen LogP contribution in [-0.2, 0) is 0 Å². The fraction of sp³-hybridized carbons (Fsp3) is 0.125. The van der Waals surface area contributed by atoms with Crippen molar-refractivity contribution in [3.05, 3.63) is 63.5 Å². The monoisotopic (exact) mass is 329 g/mol. The van der Waals surface area contributed by atoms with Crippen molar-refractivity contribution in [3.8, 4) is 11.7 Å². The lowest BCUT2D eigenvalue weighted by Gasteiger charge is -2.02. The molecule has 0 unspecified atom stereocenters. The summed E-state index contributed by atoms with van der Waals surface area (Å²) in [6.45, 7) is 1.84. The molecule has 0 bridgehead atoms. The normalized spacial score (nSPS) is 10.8. The van der Waals surface area contributed by atoms with E-state index in [4.69, 9.17) is 9.15 Å². The highest BCUT2D eigenvalue weighted by atomic mass is 16.6. The molecule has 2 aromatic heterocycles. The predicted molar refractivity (Wildman–Crippen MR) is 81.4 cm³/mol. The molecule has 1 N–H and O–H groups in total. The quantitative estimate of drug-likeness (QED) is 0.340. The van der Waals surface area contributed by atoms with Gasteiger partial charge in [-0.25, -0.2) is 0 Å². The summed E-state index contributed by atoms with van der Waals surface area (Å²) in [5, 5.41) is 21.1. The zero-order valence-corrected chi connectivity index (χ0v) is 12.8. The van der Waals surface area contributed by atoms with E-state index >= 15 is 0 Å². The zero-order chi connectivity index (χ0) is 17.4. The van der Waals surface area contributed by atoms with E-state index < -0.39 is 16.7 Å². The number of oxazole rings is 1. The minimum absolute atomic E-state index is 0.0357. The number of hydrogen-bond donors (Lipinski definition) is 1. The molecule has 3 rings (SSSR count). The second kappa shape index (κ2) is 5.65. The zero-order valence-electron chi connectivity index (χ0n) is 12.8. The summed E-state index contributed by atoms with van der Waals surface area (Å²) in [5.74, 6) is -1.11.